The molecule has 110 valence electrons. The molecule has 2 N–H and O–H groups in total. The fourth-order valence-corrected chi connectivity index (χ4v) is 1.92. The average molecular weight is 290 g/mol. The van der Waals surface area contributed by atoms with E-state index in [4.69, 9.17) is 9.47 Å². The van der Waals surface area contributed by atoms with Gasteiger partial charge in [0.2, 0.25) is 0 Å². The van der Waals surface area contributed by atoms with Crippen molar-refractivity contribution in [2.24, 2.45) is 0 Å². The highest BCUT2D eigenvalue weighted by Gasteiger charge is 2.17. The summed E-state index contributed by atoms with van der Waals surface area (Å²) in [6.45, 7) is 2.55. The lowest BCUT2D eigenvalue weighted by atomic mass is 9.77. The molecule has 0 unspecified atom stereocenters. The Kier molecular flexibility index (Phi) is 5.19. The minimum absolute atomic E-state index is 0.0935. The van der Waals surface area contributed by atoms with Gasteiger partial charge in [0.25, 0.3) is 0 Å². The zero-order chi connectivity index (χ0) is 15.2. The second kappa shape index (κ2) is 7.10. The summed E-state index contributed by atoms with van der Waals surface area (Å²) in [6.07, 6.45) is 0. The van der Waals surface area contributed by atoms with E-state index in [9.17, 15) is 14.4 Å². The first-order valence-corrected chi connectivity index (χ1v) is 6.60. The molecular formula is C15H16BFO4. The van der Waals surface area contributed by atoms with E-state index in [1.54, 1.807) is 18.2 Å². The fourth-order valence-electron chi connectivity index (χ4n) is 1.92. The molecule has 0 aliphatic rings. The minimum atomic E-state index is -1.74. The van der Waals surface area contributed by atoms with Gasteiger partial charge in [-0.15, -0.1) is 0 Å². The normalized spacial score (nSPS) is 10.3. The molecule has 0 heterocycles. The van der Waals surface area contributed by atoms with Crippen LogP contribution in [0.3, 0.4) is 0 Å². The van der Waals surface area contributed by atoms with Crippen molar-refractivity contribution in [2.45, 2.75) is 13.5 Å². The lowest BCUT2D eigenvalue weighted by Gasteiger charge is -2.12. The Morgan fingerprint density at radius 2 is 1.76 bits per heavy atom. The van der Waals surface area contributed by atoms with E-state index in [1.807, 2.05) is 13.0 Å². The van der Waals surface area contributed by atoms with Gasteiger partial charge >= 0.3 is 7.12 Å². The maximum Gasteiger partial charge on any atom is 0.488 e. The molecule has 0 aliphatic carbocycles. The van der Waals surface area contributed by atoms with Crippen LogP contribution in [0.15, 0.2) is 42.5 Å². The van der Waals surface area contributed by atoms with E-state index in [-0.39, 0.29) is 12.1 Å². The van der Waals surface area contributed by atoms with Crippen molar-refractivity contribution in [3.63, 3.8) is 0 Å². The molecule has 21 heavy (non-hydrogen) atoms. The van der Waals surface area contributed by atoms with Crippen LogP contribution in [-0.2, 0) is 6.61 Å². The minimum Gasteiger partial charge on any atom is -0.494 e. The van der Waals surface area contributed by atoms with E-state index >= 15 is 0 Å². The van der Waals surface area contributed by atoms with Gasteiger partial charge in [-0.3, -0.25) is 0 Å². The van der Waals surface area contributed by atoms with Crippen molar-refractivity contribution in [2.75, 3.05) is 6.61 Å². The van der Waals surface area contributed by atoms with Crippen molar-refractivity contribution in [3.05, 3.63) is 53.8 Å². The first-order valence-electron chi connectivity index (χ1n) is 6.60. The van der Waals surface area contributed by atoms with Crippen molar-refractivity contribution < 1.29 is 23.9 Å². The predicted molar refractivity (Wildman–Crippen MR) is 78.2 cm³/mol. The molecule has 0 amide bonds. The summed E-state index contributed by atoms with van der Waals surface area (Å²) in [5.41, 5.74) is 0.601. The smallest absolute Gasteiger partial charge is 0.488 e. The maximum atomic E-state index is 13.1. The van der Waals surface area contributed by atoms with Gasteiger partial charge in [0.15, 0.2) is 0 Å². The third kappa shape index (κ3) is 4.21. The van der Waals surface area contributed by atoms with Crippen LogP contribution < -0.4 is 14.9 Å². The Balaban J connectivity index is 2.11. The molecule has 0 bridgehead atoms. The number of benzene rings is 2. The highest BCUT2D eigenvalue weighted by molar-refractivity contribution is 6.59. The molecule has 4 nitrogen and oxygen atoms in total. The molecule has 0 saturated heterocycles. The van der Waals surface area contributed by atoms with Gasteiger partial charge in [-0.05, 0) is 42.2 Å². The third-order valence-electron chi connectivity index (χ3n) is 2.90. The summed E-state index contributed by atoms with van der Waals surface area (Å²) < 4.78 is 24.1. The van der Waals surface area contributed by atoms with E-state index in [1.165, 1.54) is 12.1 Å². The van der Waals surface area contributed by atoms with Crippen molar-refractivity contribution in [1.82, 2.24) is 0 Å². The van der Waals surface area contributed by atoms with E-state index in [0.717, 1.165) is 6.07 Å². The molecule has 6 heteroatoms. The van der Waals surface area contributed by atoms with Crippen molar-refractivity contribution in [3.8, 4) is 11.5 Å². The second-order valence-corrected chi connectivity index (χ2v) is 4.41. The summed E-state index contributed by atoms with van der Waals surface area (Å²) in [5, 5.41) is 18.5. The number of halogens is 1. The van der Waals surface area contributed by atoms with Crippen LogP contribution in [0, 0.1) is 5.82 Å². The molecule has 0 aliphatic heterocycles. The highest BCUT2D eigenvalue weighted by Crippen LogP contribution is 2.20. The molecule has 0 saturated carbocycles. The summed E-state index contributed by atoms with van der Waals surface area (Å²) >= 11 is 0. The average Bonchev–Trinajstić information content (AvgIpc) is 2.46. The van der Waals surface area contributed by atoms with E-state index in [2.05, 4.69) is 0 Å². The van der Waals surface area contributed by atoms with Crippen LogP contribution in [0.5, 0.6) is 11.5 Å². The van der Waals surface area contributed by atoms with Crippen LogP contribution in [0.4, 0.5) is 4.39 Å². The zero-order valence-corrected chi connectivity index (χ0v) is 11.6. The summed E-state index contributed by atoms with van der Waals surface area (Å²) in [6, 6.07) is 10.9. The molecule has 0 radical (unpaired) electrons. The van der Waals surface area contributed by atoms with Gasteiger partial charge in [0, 0.05) is 6.07 Å². The van der Waals surface area contributed by atoms with Gasteiger partial charge in [-0.1, -0.05) is 12.1 Å². The Morgan fingerprint density at radius 1 is 1.05 bits per heavy atom. The van der Waals surface area contributed by atoms with Gasteiger partial charge in [0.1, 0.15) is 23.9 Å². The summed E-state index contributed by atoms with van der Waals surface area (Å²) in [4.78, 5) is 0. The molecule has 0 spiro atoms. The van der Waals surface area contributed by atoms with E-state index < -0.39 is 12.9 Å². The topological polar surface area (TPSA) is 58.9 Å². The summed E-state index contributed by atoms with van der Waals surface area (Å²) in [7, 11) is -1.74. The quantitative estimate of drug-likeness (QED) is 0.791. The monoisotopic (exact) mass is 290 g/mol. The largest absolute Gasteiger partial charge is 0.494 e. The standard InChI is InChI=1S/C15H16BFO4/c1-2-20-13-4-3-5-14(9-13)21-10-11-6-7-12(17)8-15(11)16(18)19/h3-9,18-19H,2,10H2,1H3. The maximum absolute atomic E-state index is 13.1. The zero-order valence-electron chi connectivity index (χ0n) is 11.6. The first-order chi connectivity index (χ1) is 10.1. The van der Waals surface area contributed by atoms with E-state index in [0.29, 0.717) is 23.7 Å². The molecule has 0 atom stereocenters. The SMILES string of the molecule is CCOc1cccc(OCc2ccc(F)cc2B(O)O)c1. The van der Waals surface area contributed by atoms with Crippen LogP contribution in [0.1, 0.15) is 12.5 Å². The van der Waals surface area contributed by atoms with Gasteiger partial charge < -0.3 is 19.5 Å². The second-order valence-electron chi connectivity index (χ2n) is 4.41. The predicted octanol–water partition coefficient (Wildman–Crippen LogP) is 1.48. The number of hydrogen-bond acceptors (Lipinski definition) is 4. The molecule has 2 aromatic carbocycles. The van der Waals surface area contributed by atoms with Crippen LogP contribution in [0.2, 0.25) is 0 Å². The van der Waals surface area contributed by atoms with Crippen LogP contribution >= 0.6 is 0 Å². The molecule has 0 fully saturated rings. The van der Waals surface area contributed by atoms with Gasteiger partial charge in [-0.2, -0.15) is 0 Å². The molecule has 0 aromatic heterocycles. The molecular weight excluding hydrogens is 274 g/mol. The summed E-state index contributed by atoms with van der Waals surface area (Å²) in [5.74, 6) is 0.750. The number of ether oxygens (including phenoxy) is 2. The molecule has 2 rings (SSSR count). The Labute approximate surface area is 122 Å². The van der Waals surface area contributed by atoms with Crippen LogP contribution in [-0.4, -0.2) is 23.8 Å². The Bertz CT molecular complexity index is 604. The fraction of sp³-hybridized carbons (Fsp3) is 0.200. The van der Waals surface area contributed by atoms with Crippen molar-refractivity contribution in [1.29, 1.82) is 0 Å². The van der Waals surface area contributed by atoms with Gasteiger partial charge in [-0.25, -0.2) is 4.39 Å². The number of rotatable bonds is 6. The Morgan fingerprint density at radius 3 is 2.43 bits per heavy atom. The lowest BCUT2D eigenvalue weighted by Crippen LogP contribution is -2.34. The highest BCUT2D eigenvalue weighted by atomic mass is 19.1. The third-order valence-corrected chi connectivity index (χ3v) is 2.90. The Hall–Kier alpha value is -2.05. The van der Waals surface area contributed by atoms with Crippen LogP contribution in [0.25, 0.3) is 0 Å². The van der Waals surface area contributed by atoms with Gasteiger partial charge in [0.05, 0.1) is 6.61 Å². The lowest BCUT2D eigenvalue weighted by molar-refractivity contribution is 0.299. The molecule has 2 aromatic rings. The number of hydrogen-bond donors (Lipinski definition) is 2. The van der Waals surface area contributed by atoms with Crippen molar-refractivity contribution >= 4 is 12.6 Å². The first kappa shape index (κ1) is 15.3.